The van der Waals surface area contributed by atoms with Gasteiger partial charge in [-0.3, -0.25) is 10.1 Å². The van der Waals surface area contributed by atoms with Crippen LogP contribution in [0, 0.1) is 6.92 Å². The molecule has 0 atom stereocenters. The number of halogens is 1. The third-order valence-corrected chi connectivity index (χ3v) is 2.14. The maximum Gasteiger partial charge on any atom is 0.328 e. The number of carbonyl (C=O) groups excluding carboxylic acids is 1. The number of anilines is 1. The Balaban J connectivity index is 2.14. The molecule has 6 nitrogen and oxygen atoms in total. The summed E-state index contributed by atoms with van der Waals surface area (Å²) in [6.07, 6.45) is 0. The first-order valence-electron chi connectivity index (χ1n) is 4.39. The maximum absolute atomic E-state index is 11.7. The van der Waals surface area contributed by atoms with Gasteiger partial charge in [-0.25, -0.2) is 4.98 Å². The molecule has 0 aromatic carbocycles. The molecule has 16 heavy (non-hydrogen) atoms. The molecule has 1 N–H and O–H groups in total. The Morgan fingerprint density at radius 2 is 2.25 bits per heavy atom. The van der Waals surface area contributed by atoms with Gasteiger partial charge >= 0.3 is 6.01 Å². The standard InChI is InChI=1S/C9H7BrN4O2/c1-5-11-9(16-14-5)13-8(15)6-3-2-4-7(10)12-6/h2-4H,1H3,(H,11,13,14,15). The minimum Gasteiger partial charge on any atom is -0.315 e. The average Bonchev–Trinajstić information content (AvgIpc) is 2.64. The predicted molar refractivity (Wildman–Crippen MR) is 58.9 cm³/mol. The topological polar surface area (TPSA) is 80.9 Å². The van der Waals surface area contributed by atoms with E-state index in [0.717, 1.165) is 0 Å². The van der Waals surface area contributed by atoms with Crippen LogP contribution in [-0.2, 0) is 0 Å². The van der Waals surface area contributed by atoms with Crippen LogP contribution in [0.25, 0.3) is 0 Å². The van der Waals surface area contributed by atoms with Crippen LogP contribution in [0.3, 0.4) is 0 Å². The summed E-state index contributed by atoms with van der Waals surface area (Å²) in [5.41, 5.74) is 0.269. The van der Waals surface area contributed by atoms with Crippen molar-refractivity contribution >= 4 is 27.9 Å². The Morgan fingerprint density at radius 1 is 1.44 bits per heavy atom. The molecule has 0 bridgehead atoms. The molecule has 82 valence electrons. The van der Waals surface area contributed by atoms with Crippen LogP contribution in [0.2, 0.25) is 0 Å². The summed E-state index contributed by atoms with van der Waals surface area (Å²) in [7, 11) is 0. The second-order valence-electron chi connectivity index (χ2n) is 2.95. The smallest absolute Gasteiger partial charge is 0.315 e. The summed E-state index contributed by atoms with van der Waals surface area (Å²) in [5.74, 6) is 0.0578. The van der Waals surface area contributed by atoms with Gasteiger partial charge in [0.15, 0.2) is 5.82 Å². The largest absolute Gasteiger partial charge is 0.328 e. The zero-order chi connectivity index (χ0) is 11.5. The van der Waals surface area contributed by atoms with Crippen molar-refractivity contribution in [2.24, 2.45) is 0 Å². The van der Waals surface area contributed by atoms with Gasteiger partial charge in [0.05, 0.1) is 0 Å². The molecule has 0 spiro atoms. The van der Waals surface area contributed by atoms with Gasteiger partial charge in [0.1, 0.15) is 10.3 Å². The van der Waals surface area contributed by atoms with Crippen molar-refractivity contribution in [2.45, 2.75) is 6.92 Å². The predicted octanol–water partition coefficient (Wildman–Crippen LogP) is 1.79. The molecule has 2 rings (SSSR count). The number of nitrogens with zero attached hydrogens (tertiary/aromatic N) is 3. The summed E-state index contributed by atoms with van der Waals surface area (Å²) < 4.78 is 5.34. The normalized spacial score (nSPS) is 10.1. The number of hydrogen-bond donors (Lipinski definition) is 1. The summed E-state index contributed by atoms with van der Waals surface area (Å²) >= 11 is 3.18. The van der Waals surface area contributed by atoms with E-state index in [-0.39, 0.29) is 11.7 Å². The zero-order valence-corrected chi connectivity index (χ0v) is 9.85. The Labute approximate surface area is 99.2 Å². The van der Waals surface area contributed by atoms with Gasteiger partial charge in [0.25, 0.3) is 5.91 Å². The quantitative estimate of drug-likeness (QED) is 0.850. The molecule has 2 heterocycles. The second kappa shape index (κ2) is 4.40. The first kappa shape index (κ1) is 10.7. The monoisotopic (exact) mass is 282 g/mol. The number of rotatable bonds is 2. The summed E-state index contributed by atoms with van der Waals surface area (Å²) in [6, 6.07) is 5.09. The minimum atomic E-state index is -0.398. The van der Waals surface area contributed by atoms with Crippen molar-refractivity contribution < 1.29 is 9.32 Å². The van der Waals surface area contributed by atoms with Crippen molar-refractivity contribution in [1.29, 1.82) is 0 Å². The lowest BCUT2D eigenvalue weighted by molar-refractivity contribution is 0.101. The van der Waals surface area contributed by atoms with E-state index < -0.39 is 5.91 Å². The molecule has 0 aliphatic carbocycles. The molecule has 2 aromatic rings. The van der Waals surface area contributed by atoms with Crippen molar-refractivity contribution in [2.75, 3.05) is 5.32 Å². The van der Waals surface area contributed by atoms with Crippen LogP contribution < -0.4 is 5.32 Å². The second-order valence-corrected chi connectivity index (χ2v) is 3.76. The third kappa shape index (κ3) is 2.43. The molecule has 0 saturated heterocycles. The van der Waals surface area contributed by atoms with Gasteiger partial charge < -0.3 is 4.52 Å². The van der Waals surface area contributed by atoms with Gasteiger partial charge in [-0.1, -0.05) is 11.2 Å². The molecule has 0 aliphatic rings. The highest BCUT2D eigenvalue weighted by atomic mass is 79.9. The number of amides is 1. The lowest BCUT2D eigenvalue weighted by atomic mass is 10.3. The van der Waals surface area contributed by atoms with E-state index in [2.05, 4.69) is 36.4 Å². The first-order valence-corrected chi connectivity index (χ1v) is 5.18. The average molecular weight is 283 g/mol. The van der Waals surface area contributed by atoms with Gasteiger partial charge in [-0.2, -0.15) is 4.98 Å². The van der Waals surface area contributed by atoms with Crippen LogP contribution in [0.1, 0.15) is 16.3 Å². The number of nitrogens with one attached hydrogen (secondary N) is 1. The van der Waals surface area contributed by atoms with E-state index in [0.29, 0.717) is 10.4 Å². The molecule has 1 amide bonds. The fraction of sp³-hybridized carbons (Fsp3) is 0.111. The Hall–Kier alpha value is -1.76. The number of aromatic nitrogens is 3. The highest BCUT2D eigenvalue weighted by molar-refractivity contribution is 9.10. The SMILES string of the molecule is Cc1noc(NC(=O)c2cccc(Br)n2)n1. The molecule has 0 aliphatic heterocycles. The number of aryl methyl sites for hydroxylation is 1. The summed E-state index contributed by atoms with van der Waals surface area (Å²) in [4.78, 5) is 19.5. The Kier molecular flexibility index (Phi) is 2.95. The minimum absolute atomic E-state index is 0.0595. The molecule has 0 fully saturated rings. The molecule has 0 saturated carbocycles. The molecule has 7 heteroatoms. The van der Waals surface area contributed by atoms with Crippen molar-refractivity contribution in [1.82, 2.24) is 15.1 Å². The van der Waals surface area contributed by atoms with E-state index in [1.165, 1.54) is 0 Å². The van der Waals surface area contributed by atoms with E-state index in [4.69, 9.17) is 4.52 Å². The van der Waals surface area contributed by atoms with Crippen LogP contribution >= 0.6 is 15.9 Å². The van der Waals surface area contributed by atoms with Crippen molar-refractivity contribution in [3.8, 4) is 0 Å². The van der Waals surface area contributed by atoms with Gasteiger partial charge in [-0.15, -0.1) is 0 Å². The van der Waals surface area contributed by atoms with Crippen molar-refractivity contribution in [3.63, 3.8) is 0 Å². The molecular weight excluding hydrogens is 276 g/mol. The summed E-state index contributed by atoms with van der Waals surface area (Å²) in [5, 5.41) is 5.99. The van der Waals surface area contributed by atoms with Gasteiger partial charge in [-0.05, 0) is 35.0 Å². The van der Waals surface area contributed by atoms with Crippen LogP contribution in [0.15, 0.2) is 27.3 Å². The van der Waals surface area contributed by atoms with Gasteiger partial charge in [0, 0.05) is 0 Å². The molecule has 0 radical (unpaired) electrons. The fourth-order valence-electron chi connectivity index (χ4n) is 1.04. The lowest BCUT2D eigenvalue weighted by Gasteiger charge is -1.99. The van der Waals surface area contributed by atoms with E-state index >= 15 is 0 Å². The Bertz CT molecular complexity index is 526. The number of pyridine rings is 1. The Morgan fingerprint density at radius 3 is 2.88 bits per heavy atom. The van der Waals surface area contributed by atoms with Crippen LogP contribution in [0.4, 0.5) is 6.01 Å². The highest BCUT2D eigenvalue weighted by Gasteiger charge is 2.11. The highest BCUT2D eigenvalue weighted by Crippen LogP contribution is 2.08. The third-order valence-electron chi connectivity index (χ3n) is 1.70. The number of hydrogen-bond acceptors (Lipinski definition) is 5. The van der Waals surface area contributed by atoms with E-state index in [1.54, 1.807) is 25.1 Å². The van der Waals surface area contributed by atoms with Crippen LogP contribution in [-0.4, -0.2) is 21.0 Å². The number of carbonyl (C=O) groups is 1. The molecular formula is C9H7BrN4O2. The molecule has 2 aromatic heterocycles. The fourth-order valence-corrected chi connectivity index (χ4v) is 1.39. The first-order chi connectivity index (χ1) is 7.65. The maximum atomic E-state index is 11.7. The van der Waals surface area contributed by atoms with Crippen LogP contribution in [0.5, 0.6) is 0 Å². The van der Waals surface area contributed by atoms with E-state index in [1.807, 2.05) is 0 Å². The lowest BCUT2D eigenvalue weighted by Crippen LogP contribution is -2.13. The van der Waals surface area contributed by atoms with Gasteiger partial charge in [0.2, 0.25) is 0 Å². The zero-order valence-electron chi connectivity index (χ0n) is 8.27. The van der Waals surface area contributed by atoms with Crippen molar-refractivity contribution in [3.05, 3.63) is 34.3 Å². The summed E-state index contributed by atoms with van der Waals surface area (Å²) in [6.45, 7) is 1.66. The van der Waals surface area contributed by atoms with E-state index in [9.17, 15) is 4.79 Å². The molecule has 0 unspecified atom stereocenters.